The van der Waals surface area contributed by atoms with Gasteiger partial charge in [-0.05, 0) is 34.4 Å². The van der Waals surface area contributed by atoms with Gasteiger partial charge in [-0.3, -0.25) is 9.69 Å². The van der Waals surface area contributed by atoms with Gasteiger partial charge in [0.2, 0.25) is 5.91 Å². The molecule has 3 aromatic rings. The molecule has 1 saturated heterocycles. The molecule has 5 nitrogen and oxygen atoms in total. The van der Waals surface area contributed by atoms with Crippen LogP contribution in [-0.4, -0.2) is 57.8 Å². The largest absolute Gasteiger partial charge is 0.379 e. The van der Waals surface area contributed by atoms with E-state index in [4.69, 9.17) is 4.74 Å². The Morgan fingerprint density at radius 1 is 0.909 bits per heavy atom. The number of nitrogens with zero attached hydrogens (tertiary/aromatic N) is 2. The highest BCUT2D eigenvalue weighted by Gasteiger charge is 2.23. The van der Waals surface area contributed by atoms with E-state index in [1.165, 1.54) is 16.8 Å². The SMILES string of the molecule is CN(C)c1ccc(C(CNC(=O)Cc2ccc(-c3ccccc3)cc2)N2CCOCC2)cc1. The lowest BCUT2D eigenvalue weighted by atomic mass is 10.0. The minimum atomic E-state index is 0.0469. The summed E-state index contributed by atoms with van der Waals surface area (Å²) in [6.45, 7) is 3.79. The minimum Gasteiger partial charge on any atom is -0.379 e. The molecule has 1 unspecified atom stereocenters. The van der Waals surface area contributed by atoms with Gasteiger partial charge in [-0.25, -0.2) is 0 Å². The van der Waals surface area contributed by atoms with Crippen molar-refractivity contribution >= 4 is 11.6 Å². The Morgan fingerprint density at radius 2 is 1.55 bits per heavy atom. The zero-order valence-corrected chi connectivity index (χ0v) is 19.5. The van der Waals surface area contributed by atoms with E-state index in [0.29, 0.717) is 13.0 Å². The summed E-state index contributed by atoms with van der Waals surface area (Å²) in [7, 11) is 4.09. The number of rotatable bonds is 8. The molecule has 33 heavy (non-hydrogen) atoms. The summed E-state index contributed by atoms with van der Waals surface area (Å²) < 4.78 is 5.55. The maximum absolute atomic E-state index is 12.8. The molecule has 0 aromatic heterocycles. The molecule has 3 aromatic carbocycles. The van der Waals surface area contributed by atoms with Crippen LogP contribution in [0.2, 0.25) is 0 Å². The molecule has 1 aliphatic rings. The fourth-order valence-corrected chi connectivity index (χ4v) is 4.25. The molecule has 0 radical (unpaired) electrons. The average Bonchev–Trinajstić information content (AvgIpc) is 2.86. The Bertz CT molecular complexity index is 1010. The lowest BCUT2D eigenvalue weighted by Crippen LogP contribution is -2.44. The molecule has 0 saturated carbocycles. The fraction of sp³-hybridized carbons (Fsp3) is 0.321. The van der Waals surface area contributed by atoms with Crippen LogP contribution in [0.5, 0.6) is 0 Å². The summed E-state index contributed by atoms with van der Waals surface area (Å²) >= 11 is 0. The Labute approximate surface area is 197 Å². The number of hydrogen-bond acceptors (Lipinski definition) is 4. The van der Waals surface area contributed by atoms with E-state index >= 15 is 0 Å². The maximum Gasteiger partial charge on any atom is 0.224 e. The highest BCUT2D eigenvalue weighted by Crippen LogP contribution is 2.24. The minimum absolute atomic E-state index is 0.0469. The normalized spacial score (nSPS) is 15.1. The van der Waals surface area contributed by atoms with Crippen LogP contribution in [0.15, 0.2) is 78.9 Å². The van der Waals surface area contributed by atoms with E-state index in [0.717, 1.165) is 37.4 Å². The second-order valence-corrected chi connectivity index (χ2v) is 8.69. The van der Waals surface area contributed by atoms with Crippen LogP contribution >= 0.6 is 0 Å². The highest BCUT2D eigenvalue weighted by molar-refractivity contribution is 5.79. The molecular formula is C28H33N3O2. The summed E-state index contributed by atoms with van der Waals surface area (Å²) in [5.74, 6) is 0.0469. The Balaban J connectivity index is 1.39. The first kappa shape index (κ1) is 23.0. The van der Waals surface area contributed by atoms with Crippen LogP contribution in [0, 0.1) is 0 Å². The molecule has 1 heterocycles. The van der Waals surface area contributed by atoms with Crippen LogP contribution in [0.1, 0.15) is 17.2 Å². The predicted octanol–water partition coefficient (Wildman–Crippen LogP) is 4.15. The molecule has 0 aliphatic carbocycles. The number of benzene rings is 3. The van der Waals surface area contributed by atoms with Crippen molar-refractivity contribution in [3.05, 3.63) is 90.0 Å². The van der Waals surface area contributed by atoms with E-state index in [-0.39, 0.29) is 11.9 Å². The van der Waals surface area contributed by atoms with Gasteiger partial charge in [0.05, 0.1) is 25.7 Å². The van der Waals surface area contributed by atoms with Crippen LogP contribution in [-0.2, 0) is 16.0 Å². The van der Waals surface area contributed by atoms with Crippen LogP contribution in [0.3, 0.4) is 0 Å². The fourth-order valence-electron chi connectivity index (χ4n) is 4.25. The van der Waals surface area contributed by atoms with Crippen LogP contribution in [0.4, 0.5) is 5.69 Å². The number of amides is 1. The third kappa shape index (κ3) is 6.21. The van der Waals surface area contributed by atoms with Crippen molar-refractivity contribution in [3.63, 3.8) is 0 Å². The summed E-state index contributed by atoms with van der Waals surface area (Å²) in [6.07, 6.45) is 0.379. The van der Waals surface area contributed by atoms with E-state index in [9.17, 15) is 4.79 Å². The third-order valence-corrected chi connectivity index (χ3v) is 6.20. The third-order valence-electron chi connectivity index (χ3n) is 6.20. The number of morpholine rings is 1. The summed E-state index contributed by atoms with van der Waals surface area (Å²) in [6, 6.07) is 27.3. The van der Waals surface area contributed by atoms with E-state index in [1.807, 2.05) is 44.4 Å². The lowest BCUT2D eigenvalue weighted by molar-refractivity contribution is -0.120. The molecule has 1 atom stereocenters. The van der Waals surface area contributed by atoms with Gasteiger partial charge in [0.15, 0.2) is 0 Å². The molecule has 0 bridgehead atoms. The molecule has 1 fully saturated rings. The van der Waals surface area contributed by atoms with Crippen molar-refractivity contribution in [2.75, 3.05) is 51.8 Å². The first-order valence-electron chi connectivity index (χ1n) is 11.6. The monoisotopic (exact) mass is 443 g/mol. The van der Waals surface area contributed by atoms with E-state index in [2.05, 4.69) is 63.6 Å². The van der Waals surface area contributed by atoms with E-state index < -0.39 is 0 Å². The Hall–Kier alpha value is -3.15. The highest BCUT2D eigenvalue weighted by atomic mass is 16.5. The second kappa shape index (κ2) is 11.1. The maximum atomic E-state index is 12.8. The van der Waals surface area contributed by atoms with Gasteiger partial charge in [-0.1, -0.05) is 66.7 Å². The molecular weight excluding hydrogens is 410 g/mol. The quantitative estimate of drug-likeness (QED) is 0.568. The predicted molar refractivity (Wildman–Crippen MR) is 134 cm³/mol. The number of nitrogens with one attached hydrogen (secondary N) is 1. The lowest BCUT2D eigenvalue weighted by Gasteiger charge is -2.35. The summed E-state index contributed by atoms with van der Waals surface area (Å²) in [5, 5.41) is 3.18. The molecule has 1 amide bonds. The number of carbonyl (C=O) groups excluding carboxylic acids is 1. The Morgan fingerprint density at radius 3 is 2.18 bits per heavy atom. The van der Waals surface area contributed by atoms with Crippen molar-refractivity contribution in [2.24, 2.45) is 0 Å². The molecule has 4 rings (SSSR count). The van der Waals surface area contributed by atoms with Gasteiger partial charge in [-0.2, -0.15) is 0 Å². The van der Waals surface area contributed by atoms with Crippen LogP contribution in [0.25, 0.3) is 11.1 Å². The molecule has 172 valence electrons. The van der Waals surface area contributed by atoms with Gasteiger partial charge in [0.1, 0.15) is 0 Å². The number of anilines is 1. The van der Waals surface area contributed by atoms with Crippen molar-refractivity contribution in [3.8, 4) is 11.1 Å². The average molecular weight is 444 g/mol. The van der Waals surface area contributed by atoms with Gasteiger partial charge in [-0.15, -0.1) is 0 Å². The van der Waals surface area contributed by atoms with Gasteiger partial charge in [0, 0.05) is 39.4 Å². The number of ether oxygens (including phenoxy) is 1. The van der Waals surface area contributed by atoms with Gasteiger partial charge < -0.3 is 15.0 Å². The first-order chi connectivity index (χ1) is 16.1. The first-order valence-corrected chi connectivity index (χ1v) is 11.6. The van der Waals surface area contributed by atoms with E-state index in [1.54, 1.807) is 0 Å². The van der Waals surface area contributed by atoms with Gasteiger partial charge in [0.25, 0.3) is 0 Å². The summed E-state index contributed by atoms with van der Waals surface area (Å²) in [4.78, 5) is 17.3. The number of hydrogen-bond donors (Lipinski definition) is 1. The van der Waals surface area contributed by atoms with Crippen molar-refractivity contribution in [1.82, 2.24) is 10.2 Å². The van der Waals surface area contributed by atoms with Gasteiger partial charge >= 0.3 is 0 Å². The summed E-state index contributed by atoms with van der Waals surface area (Å²) in [5.41, 5.74) is 5.75. The van der Waals surface area contributed by atoms with Crippen molar-refractivity contribution in [1.29, 1.82) is 0 Å². The smallest absolute Gasteiger partial charge is 0.224 e. The molecule has 0 spiro atoms. The van der Waals surface area contributed by atoms with Crippen LogP contribution < -0.4 is 10.2 Å². The molecule has 1 aliphatic heterocycles. The number of carbonyl (C=O) groups is 1. The topological polar surface area (TPSA) is 44.8 Å². The second-order valence-electron chi connectivity index (χ2n) is 8.69. The Kier molecular flexibility index (Phi) is 7.76. The standard InChI is InChI=1S/C28H33N3O2/c1-30(2)26-14-12-25(13-15-26)27(31-16-18-33-19-17-31)21-29-28(32)20-22-8-10-24(11-9-22)23-6-4-3-5-7-23/h3-15,27H,16-21H2,1-2H3,(H,29,32). The molecule has 5 heteroatoms. The molecule has 1 N–H and O–H groups in total. The zero-order chi connectivity index (χ0) is 23.0. The van der Waals surface area contributed by atoms with Crippen molar-refractivity contribution in [2.45, 2.75) is 12.5 Å². The zero-order valence-electron chi connectivity index (χ0n) is 19.5. The van der Waals surface area contributed by atoms with Crippen molar-refractivity contribution < 1.29 is 9.53 Å².